The molecule has 2 amide bonds. The van der Waals surface area contributed by atoms with Crippen molar-refractivity contribution >= 4 is 17.8 Å². The minimum atomic E-state index is -0.848. The van der Waals surface area contributed by atoms with Crippen molar-refractivity contribution in [1.82, 2.24) is 20.4 Å². The van der Waals surface area contributed by atoms with Crippen molar-refractivity contribution in [3.05, 3.63) is 102 Å². The smallest absolute Gasteiger partial charge is 0.245 e. The number of hydrogen-bond donors (Lipinski definition) is 3. The predicted molar refractivity (Wildman–Crippen MR) is 157 cm³/mol. The Kier molecular flexibility index (Phi) is 9.71. The van der Waals surface area contributed by atoms with Gasteiger partial charge in [-0.3, -0.25) is 19.6 Å². The number of aliphatic imine (C=N–C) groups is 1. The first-order chi connectivity index (χ1) is 19.9. The molecule has 0 saturated heterocycles. The first-order valence-corrected chi connectivity index (χ1v) is 13.1. The lowest BCUT2D eigenvalue weighted by Crippen LogP contribution is -2.42. The average molecular weight is 555 g/mol. The van der Waals surface area contributed by atoms with Crippen LogP contribution in [0.2, 0.25) is 0 Å². The summed E-state index contributed by atoms with van der Waals surface area (Å²) in [5.74, 6) is 0.270. The second-order valence-corrected chi connectivity index (χ2v) is 9.39. The van der Waals surface area contributed by atoms with Crippen LogP contribution in [0.4, 0.5) is 0 Å². The summed E-state index contributed by atoms with van der Waals surface area (Å²) in [5.41, 5.74) is 10.6. The second-order valence-electron chi connectivity index (χ2n) is 9.39. The van der Waals surface area contributed by atoms with Crippen molar-refractivity contribution in [2.24, 2.45) is 17.8 Å². The third-order valence-electron chi connectivity index (χ3n) is 6.46. The summed E-state index contributed by atoms with van der Waals surface area (Å²) in [6, 6.07) is 23.7. The van der Waals surface area contributed by atoms with E-state index in [1.807, 2.05) is 67.7 Å². The fraction of sp³-hybridized carbons (Fsp3) is 0.226. The van der Waals surface area contributed by atoms with Crippen LogP contribution < -0.4 is 25.8 Å². The van der Waals surface area contributed by atoms with Gasteiger partial charge in [0.05, 0.1) is 26.3 Å². The van der Waals surface area contributed by atoms with E-state index < -0.39 is 6.04 Å². The molecule has 1 atom stereocenters. The van der Waals surface area contributed by atoms with Gasteiger partial charge in [0.25, 0.3) is 0 Å². The van der Waals surface area contributed by atoms with E-state index >= 15 is 0 Å². The first-order valence-electron chi connectivity index (χ1n) is 13.1. The number of nitrogens with zero attached hydrogens (tertiary/aromatic N) is 3. The van der Waals surface area contributed by atoms with Gasteiger partial charge in [-0.2, -0.15) is 5.10 Å². The molecule has 212 valence electrons. The molecule has 10 heteroatoms. The molecular weight excluding hydrogens is 520 g/mol. The molecule has 4 rings (SSSR count). The minimum absolute atomic E-state index is 0.0408. The van der Waals surface area contributed by atoms with Crippen LogP contribution in [0, 0.1) is 0 Å². The molecule has 0 bridgehead atoms. The Bertz CT molecular complexity index is 1520. The Hall–Kier alpha value is -5.12. The van der Waals surface area contributed by atoms with Crippen molar-refractivity contribution < 1.29 is 19.1 Å². The Morgan fingerprint density at radius 2 is 1.68 bits per heavy atom. The van der Waals surface area contributed by atoms with Crippen molar-refractivity contribution in [2.75, 3.05) is 14.2 Å². The number of guanidine groups is 1. The summed E-state index contributed by atoms with van der Waals surface area (Å²) in [6.45, 7) is 0.302. The largest absolute Gasteiger partial charge is 0.493 e. The highest BCUT2D eigenvalue weighted by atomic mass is 16.5. The van der Waals surface area contributed by atoms with Crippen LogP contribution in [0.1, 0.15) is 16.7 Å². The van der Waals surface area contributed by atoms with E-state index in [4.69, 9.17) is 15.2 Å². The monoisotopic (exact) mass is 554 g/mol. The van der Waals surface area contributed by atoms with Gasteiger partial charge in [-0.25, -0.2) is 4.99 Å². The van der Waals surface area contributed by atoms with Crippen LogP contribution in [0.3, 0.4) is 0 Å². The molecule has 1 heterocycles. The number of hydrogen-bond acceptors (Lipinski definition) is 6. The number of amides is 2. The van der Waals surface area contributed by atoms with Gasteiger partial charge in [0.1, 0.15) is 6.04 Å². The highest BCUT2D eigenvalue weighted by Crippen LogP contribution is 2.27. The molecule has 0 saturated carbocycles. The quantitative estimate of drug-likeness (QED) is 0.193. The summed E-state index contributed by atoms with van der Waals surface area (Å²) in [4.78, 5) is 30.4. The van der Waals surface area contributed by atoms with Gasteiger partial charge in [-0.15, -0.1) is 0 Å². The molecule has 0 radical (unpaired) electrons. The maximum atomic E-state index is 13.3. The van der Waals surface area contributed by atoms with Crippen LogP contribution in [0.15, 0.2) is 90.1 Å². The van der Waals surface area contributed by atoms with Crippen LogP contribution in [-0.4, -0.2) is 47.8 Å². The van der Waals surface area contributed by atoms with E-state index in [2.05, 4.69) is 20.7 Å². The molecule has 0 aliphatic rings. The summed E-state index contributed by atoms with van der Waals surface area (Å²) in [7, 11) is 4.96. The number of ether oxygens (including phenoxy) is 2. The Labute approximate surface area is 239 Å². The van der Waals surface area contributed by atoms with Gasteiger partial charge >= 0.3 is 0 Å². The zero-order valence-corrected chi connectivity index (χ0v) is 23.3. The molecule has 0 aliphatic heterocycles. The molecular formula is C31H34N6O4. The molecule has 41 heavy (non-hydrogen) atoms. The van der Waals surface area contributed by atoms with E-state index in [1.165, 1.54) is 7.11 Å². The number of aromatic nitrogens is 2. The fourth-order valence-corrected chi connectivity index (χ4v) is 4.40. The van der Waals surface area contributed by atoms with Gasteiger partial charge in [-0.05, 0) is 41.0 Å². The number of nitrogens with one attached hydrogen (secondary N) is 2. The first kappa shape index (κ1) is 28.9. The lowest BCUT2D eigenvalue weighted by Gasteiger charge is -2.15. The number of benzene rings is 3. The number of nitrogens with two attached hydrogens (primary N) is 1. The molecule has 3 aromatic carbocycles. The molecule has 1 unspecified atom stereocenters. The summed E-state index contributed by atoms with van der Waals surface area (Å²) < 4.78 is 12.3. The Morgan fingerprint density at radius 1 is 0.927 bits per heavy atom. The van der Waals surface area contributed by atoms with Crippen molar-refractivity contribution in [3.63, 3.8) is 0 Å². The molecule has 0 fully saturated rings. The molecule has 10 nitrogen and oxygen atoms in total. The number of carbonyl (C=O) groups is 2. The third-order valence-corrected chi connectivity index (χ3v) is 6.46. The zero-order chi connectivity index (χ0) is 29.2. The highest BCUT2D eigenvalue weighted by Gasteiger charge is 2.20. The Balaban J connectivity index is 1.44. The van der Waals surface area contributed by atoms with Gasteiger partial charge < -0.3 is 20.5 Å². The lowest BCUT2D eigenvalue weighted by molar-refractivity contribution is -0.122. The van der Waals surface area contributed by atoms with Crippen LogP contribution in [0.5, 0.6) is 11.5 Å². The normalized spacial score (nSPS) is 11.9. The van der Waals surface area contributed by atoms with E-state index in [0.29, 0.717) is 30.0 Å². The molecule has 1 aromatic heterocycles. The number of rotatable bonds is 11. The van der Waals surface area contributed by atoms with E-state index in [0.717, 1.165) is 22.4 Å². The average Bonchev–Trinajstić information content (AvgIpc) is 3.41. The van der Waals surface area contributed by atoms with E-state index in [-0.39, 0.29) is 24.2 Å². The van der Waals surface area contributed by atoms with Gasteiger partial charge in [0.15, 0.2) is 17.5 Å². The van der Waals surface area contributed by atoms with Crippen LogP contribution >= 0.6 is 0 Å². The van der Waals surface area contributed by atoms with E-state index in [1.54, 1.807) is 36.2 Å². The maximum absolute atomic E-state index is 13.3. The number of aryl methyl sites for hydroxylation is 1. The molecule has 4 N–H and O–H groups in total. The summed E-state index contributed by atoms with van der Waals surface area (Å²) in [6.07, 6.45) is 2.10. The SMILES string of the molecule is COc1ccc(CC(=O)NC(N)=NC(Cc2ccccc2)C(=O)NCc2cccc(-c3ccnn3C)c2)cc1OC. The zero-order valence-electron chi connectivity index (χ0n) is 23.3. The van der Waals surface area contributed by atoms with E-state index in [9.17, 15) is 9.59 Å². The van der Waals surface area contributed by atoms with Crippen molar-refractivity contribution in [3.8, 4) is 22.8 Å². The summed E-state index contributed by atoms with van der Waals surface area (Å²) in [5, 5.41) is 9.79. The number of carbonyl (C=O) groups excluding carboxylic acids is 2. The maximum Gasteiger partial charge on any atom is 0.245 e. The minimum Gasteiger partial charge on any atom is -0.493 e. The fourth-order valence-electron chi connectivity index (χ4n) is 4.40. The van der Waals surface area contributed by atoms with Crippen molar-refractivity contribution in [2.45, 2.75) is 25.4 Å². The highest BCUT2D eigenvalue weighted by molar-refractivity contribution is 5.98. The molecule has 0 spiro atoms. The second kappa shape index (κ2) is 13.8. The lowest BCUT2D eigenvalue weighted by atomic mass is 10.1. The van der Waals surface area contributed by atoms with Crippen LogP contribution in [-0.2, 0) is 36.0 Å². The van der Waals surface area contributed by atoms with Gasteiger partial charge in [0, 0.05) is 31.8 Å². The molecule has 4 aromatic rings. The predicted octanol–water partition coefficient (Wildman–Crippen LogP) is 3.01. The standard InChI is InChI=1S/C31H34N6O4/c1-37-26(14-15-34-37)24-11-7-10-23(16-24)20-33-30(39)25(17-21-8-5-4-6-9-21)35-31(32)36-29(38)19-22-12-13-27(40-2)28(18-22)41-3/h4-16,18,25H,17,19-20H2,1-3H3,(H,33,39)(H3,32,35,36,38). The number of methoxy groups -OCH3 is 2. The third kappa shape index (κ3) is 7.95. The van der Waals surface area contributed by atoms with Crippen LogP contribution in [0.25, 0.3) is 11.3 Å². The van der Waals surface area contributed by atoms with Gasteiger partial charge in [0.2, 0.25) is 11.8 Å². The Morgan fingerprint density at radius 3 is 2.39 bits per heavy atom. The molecule has 0 aliphatic carbocycles. The van der Waals surface area contributed by atoms with Crippen molar-refractivity contribution in [1.29, 1.82) is 0 Å². The topological polar surface area (TPSA) is 133 Å². The van der Waals surface area contributed by atoms with Gasteiger partial charge in [-0.1, -0.05) is 54.6 Å². The summed E-state index contributed by atoms with van der Waals surface area (Å²) >= 11 is 0.